The maximum atomic E-state index is 4.44. The Kier molecular flexibility index (Phi) is 3.37. The maximum Gasteiger partial charge on any atom is 0.153 e. The van der Waals surface area contributed by atoms with E-state index in [4.69, 9.17) is 0 Å². The first-order valence-electron chi connectivity index (χ1n) is 7.45. The number of hydrogen-bond donors (Lipinski definition) is 1. The highest BCUT2D eigenvalue weighted by atomic mass is 15.3. The SMILES string of the molecule is CC1(c2nncn2C2CCCCC2)CCCCN1. The smallest absolute Gasteiger partial charge is 0.153 e. The van der Waals surface area contributed by atoms with Crippen molar-refractivity contribution in [2.75, 3.05) is 6.54 Å². The van der Waals surface area contributed by atoms with Crippen molar-refractivity contribution < 1.29 is 0 Å². The van der Waals surface area contributed by atoms with Crippen LogP contribution in [0.15, 0.2) is 6.33 Å². The van der Waals surface area contributed by atoms with Gasteiger partial charge in [0.25, 0.3) is 0 Å². The molecule has 1 saturated carbocycles. The zero-order valence-electron chi connectivity index (χ0n) is 11.4. The number of nitrogens with zero attached hydrogens (tertiary/aromatic N) is 3. The first-order valence-corrected chi connectivity index (χ1v) is 7.45. The van der Waals surface area contributed by atoms with Gasteiger partial charge in [-0.25, -0.2) is 0 Å². The van der Waals surface area contributed by atoms with E-state index in [1.807, 2.05) is 6.33 Å². The predicted molar refractivity (Wildman–Crippen MR) is 71.3 cm³/mol. The van der Waals surface area contributed by atoms with Crippen LogP contribution in [0.4, 0.5) is 0 Å². The van der Waals surface area contributed by atoms with Crippen molar-refractivity contribution in [1.29, 1.82) is 0 Å². The van der Waals surface area contributed by atoms with Crippen LogP contribution in [0, 0.1) is 0 Å². The summed E-state index contributed by atoms with van der Waals surface area (Å²) in [6.07, 6.45) is 12.4. The van der Waals surface area contributed by atoms with Crippen LogP contribution in [-0.4, -0.2) is 21.3 Å². The number of nitrogens with one attached hydrogen (secondary N) is 1. The summed E-state index contributed by atoms with van der Waals surface area (Å²) in [4.78, 5) is 0. The Labute approximate surface area is 109 Å². The number of aromatic nitrogens is 3. The summed E-state index contributed by atoms with van der Waals surface area (Å²) in [6, 6.07) is 0.629. The second kappa shape index (κ2) is 5.00. The van der Waals surface area contributed by atoms with Crippen LogP contribution in [0.5, 0.6) is 0 Å². The van der Waals surface area contributed by atoms with E-state index >= 15 is 0 Å². The second-order valence-corrected chi connectivity index (χ2v) is 6.07. The standard InChI is InChI=1S/C14H24N4/c1-14(9-5-6-10-15-14)13-17-16-11-18(13)12-7-3-2-4-8-12/h11-12,15H,2-10H2,1H3. The van der Waals surface area contributed by atoms with E-state index in [1.165, 1.54) is 51.4 Å². The monoisotopic (exact) mass is 248 g/mol. The molecule has 0 radical (unpaired) electrons. The average Bonchev–Trinajstić information content (AvgIpc) is 2.91. The Morgan fingerprint density at radius 3 is 2.78 bits per heavy atom. The molecule has 0 spiro atoms. The first kappa shape index (κ1) is 12.2. The van der Waals surface area contributed by atoms with E-state index in [0.29, 0.717) is 6.04 Å². The minimum Gasteiger partial charge on any atom is -0.313 e. The Morgan fingerprint density at radius 2 is 2.06 bits per heavy atom. The molecule has 1 aliphatic carbocycles. The fourth-order valence-corrected chi connectivity index (χ4v) is 3.51. The highest BCUT2D eigenvalue weighted by Crippen LogP contribution is 2.34. The van der Waals surface area contributed by atoms with E-state index < -0.39 is 0 Å². The lowest BCUT2D eigenvalue weighted by atomic mass is 9.88. The van der Waals surface area contributed by atoms with Crippen LogP contribution in [0.1, 0.15) is 70.2 Å². The van der Waals surface area contributed by atoms with Crippen LogP contribution in [0.2, 0.25) is 0 Å². The van der Waals surface area contributed by atoms with Crippen molar-refractivity contribution >= 4 is 0 Å². The summed E-state index contributed by atoms with van der Waals surface area (Å²) < 4.78 is 2.36. The quantitative estimate of drug-likeness (QED) is 0.875. The summed E-state index contributed by atoms with van der Waals surface area (Å²) in [5.41, 5.74) is 0.0339. The zero-order chi connectivity index (χ0) is 12.4. The molecule has 0 amide bonds. The highest BCUT2D eigenvalue weighted by Gasteiger charge is 2.34. The third kappa shape index (κ3) is 2.18. The van der Waals surface area contributed by atoms with E-state index in [9.17, 15) is 0 Å². The van der Waals surface area contributed by atoms with Gasteiger partial charge in [-0.05, 0) is 45.6 Å². The Hall–Kier alpha value is -0.900. The lowest BCUT2D eigenvalue weighted by Gasteiger charge is -2.36. The van der Waals surface area contributed by atoms with Gasteiger partial charge in [0.2, 0.25) is 0 Å². The van der Waals surface area contributed by atoms with Crippen molar-refractivity contribution in [2.24, 2.45) is 0 Å². The Balaban J connectivity index is 1.85. The van der Waals surface area contributed by atoms with Crippen molar-refractivity contribution in [2.45, 2.75) is 69.9 Å². The number of hydrogen-bond acceptors (Lipinski definition) is 3. The molecule has 3 rings (SSSR count). The van der Waals surface area contributed by atoms with Crippen LogP contribution in [0.25, 0.3) is 0 Å². The maximum absolute atomic E-state index is 4.44. The number of rotatable bonds is 2. The summed E-state index contributed by atoms with van der Waals surface area (Å²) in [7, 11) is 0. The Bertz CT molecular complexity index is 386. The molecule has 1 unspecified atom stereocenters. The molecule has 1 atom stereocenters. The van der Waals surface area contributed by atoms with Crippen LogP contribution in [-0.2, 0) is 5.54 Å². The average molecular weight is 248 g/mol. The van der Waals surface area contributed by atoms with E-state index in [2.05, 4.69) is 27.0 Å². The van der Waals surface area contributed by atoms with Gasteiger partial charge in [-0.2, -0.15) is 0 Å². The molecule has 1 aromatic rings. The fraction of sp³-hybridized carbons (Fsp3) is 0.857. The van der Waals surface area contributed by atoms with Gasteiger partial charge in [-0.3, -0.25) is 0 Å². The molecule has 4 heteroatoms. The highest BCUT2D eigenvalue weighted by molar-refractivity contribution is 5.07. The van der Waals surface area contributed by atoms with Crippen molar-refractivity contribution in [3.63, 3.8) is 0 Å². The normalized spacial score (nSPS) is 30.5. The van der Waals surface area contributed by atoms with Crippen LogP contribution < -0.4 is 5.32 Å². The third-order valence-corrected chi connectivity index (χ3v) is 4.65. The lowest BCUT2D eigenvalue weighted by Crippen LogP contribution is -2.45. The molecule has 0 aromatic carbocycles. The molecule has 1 aromatic heterocycles. The summed E-state index contributed by atoms with van der Waals surface area (Å²) in [6.45, 7) is 3.39. The van der Waals surface area contributed by atoms with Gasteiger partial charge in [-0.15, -0.1) is 10.2 Å². The summed E-state index contributed by atoms with van der Waals surface area (Å²) in [5.74, 6) is 1.16. The summed E-state index contributed by atoms with van der Waals surface area (Å²) in [5, 5.41) is 12.3. The Morgan fingerprint density at radius 1 is 1.22 bits per heavy atom. The fourth-order valence-electron chi connectivity index (χ4n) is 3.51. The van der Waals surface area contributed by atoms with E-state index in [1.54, 1.807) is 0 Å². The van der Waals surface area contributed by atoms with Crippen molar-refractivity contribution in [3.05, 3.63) is 12.2 Å². The van der Waals surface area contributed by atoms with Gasteiger partial charge in [0, 0.05) is 6.04 Å². The minimum atomic E-state index is 0.0339. The molecule has 1 N–H and O–H groups in total. The molecular formula is C14H24N4. The zero-order valence-corrected chi connectivity index (χ0v) is 11.4. The molecule has 4 nitrogen and oxygen atoms in total. The first-order chi connectivity index (χ1) is 8.80. The van der Waals surface area contributed by atoms with Gasteiger partial charge in [-0.1, -0.05) is 19.3 Å². The van der Waals surface area contributed by atoms with Gasteiger partial charge in [0.1, 0.15) is 6.33 Å². The minimum absolute atomic E-state index is 0.0339. The molecule has 2 fully saturated rings. The van der Waals surface area contributed by atoms with Gasteiger partial charge in [0.15, 0.2) is 5.82 Å². The third-order valence-electron chi connectivity index (χ3n) is 4.65. The predicted octanol–water partition coefficient (Wildman–Crippen LogP) is 2.77. The van der Waals surface area contributed by atoms with E-state index in [0.717, 1.165) is 12.4 Å². The van der Waals surface area contributed by atoms with E-state index in [-0.39, 0.29) is 5.54 Å². The number of piperidine rings is 1. The molecule has 0 bridgehead atoms. The molecule has 18 heavy (non-hydrogen) atoms. The van der Waals surface area contributed by atoms with Crippen molar-refractivity contribution in [1.82, 2.24) is 20.1 Å². The molecule has 1 aliphatic heterocycles. The molecule has 100 valence electrons. The summed E-state index contributed by atoms with van der Waals surface area (Å²) >= 11 is 0. The molecule has 1 saturated heterocycles. The molecule has 2 aliphatic rings. The van der Waals surface area contributed by atoms with Crippen LogP contribution >= 0.6 is 0 Å². The molecular weight excluding hydrogens is 224 g/mol. The van der Waals surface area contributed by atoms with Crippen LogP contribution in [0.3, 0.4) is 0 Å². The van der Waals surface area contributed by atoms with Gasteiger partial charge in [0.05, 0.1) is 5.54 Å². The lowest BCUT2D eigenvalue weighted by molar-refractivity contribution is 0.242. The van der Waals surface area contributed by atoms with Crippen molar-refractivity contribution in [3.8, 4) is 0 Å². The van der Waals surface area contributed by atoms with Gasteiger partial charge < -0.3 is 9.88 Å². The van der Waals surface area contributed by atoms with Gasteiger partial charge >= 0.3 is 0 Å². The largest absolute Gasteiger partial charge is 0.313 e. The second-order valence-electron chi connectivity index (χ2n) is 6.07. The topological polar surface area (TPSA) is 42.7 Å². The molecule has 2 heterocycles.